The summed E-state index contributed by atoms with van der Waals surface area (Å²) in [6.45, 7) is 2.27. The first-order valence-corrected chi connectivity index (χ1v) is 9.18. The lowest BCUT2D eigenvalue weighted by Crippen LogP contribution is -1.80. The molecule has 0 spiro atoms. The van der Waals surface area contributed by atoms with Crippen LogP contribution in [0, 0.1) is 0 Å². The Labute approximate surface area is 143 Å². The Kier molecular flexibility index (Phi) is 18.9. The van der Waals surface area contributed by atoms with Gasteiger partial charge in [0.1, 0.15) is 6.29 Å². The second kappa shape index (κ2) is 20.4. The molecule has 0 aliphatic carbocycles. The molecule has 0 heterocycles. The Morgan fingerprint density at radius 1 is 0.522 bits per heavy atom. The van der Waals surface area contributed by atoms with Crippen LogP contribution in [0.3, 0.4) is 0 Å². The molecule has 0 aromatic heterocycles. The molecule has 0 aliphatic heterocycles. The van der Waals surface area contributed by atoms with Gasteiger partial charge in [-0.25, -0.2) is 0 Å². The summed E-state index contributed by atoms with van der Waals surface area (Å²) in [5.74, 6) is 0. The maximum Gasteiger partial charge on any atom is 0.142 e. The summed E-state index contributed by atoms with van der Waals surface area (Å²) < 4.78 is 0. The minimum Gasteiger partial charge on any atom is -0.299 e. The quantitative estimate of drug-likeness (QED) is 0.139. The molecule has 128 valence electrons. The fraction of sp³-hybridized carbons (Fsp3) is 0.500. The molecule has 0 unspecified atom stereocenters. The van der Waals surface area contributed by atoms with Gasteiger partial charge in [0, 0.05) is 0 Å². The van der Waals surface area contributed by atoms with Gasteiger partial charge < -0.3 is 0 Å². The van der Waals surface area contributed by atoms with Crippen molar-refractivity contribution in [3.8, 4) is 0 Å². The average Bonchev–Trinajstić information content (AvgIpc) is 2.57. The van der Waals surface area contributed by atoms with Crippen LogP contribution < -0.4 is 0 Å². The summed E-state index contributed by atoms with van der Waals surface area (Å²) in [5, 5.41) is 0. The zero-order chi connectivity index (χ0) is 16.8. The lowest BCUT2D eigenvalue weighted by atomic mass is 10.1. The Morgan fingerprint density at radius 2 is 0.957 bits per heavy atom. The fourth-order valence-corrected chi connectivity index (χ4v) is 2.24. The second-order valence-electron chi connectivity index (χ2n) is 5.72. The van der Waals surface area contributed by atoms with E-state index in [9.17, 15) is 4.79 Å². The molecule has 0 radical (unpaired) electrons. The minimum atomic E-state index is 0.770. The Balaban J connectivity index is 3.38. The first-order valence-electron chi connectivity index (χ1n) is 9.18. The highest BCUT2D eigenvalue weighted by Crippen LogP contribution is 2.10. The monoisotopic (exact) mass is 314 g/mol. The molecule has 0 bridgehead atoms. The van der Waals surface area contributed by atoms with Gasteiger partial charge in [-0.1, -0.05) is 113 Å². The topological polar surface area (TPSA) is 17.1 Å². The molecular formula is C22H34O. The molecule has 0 saturated carbocycles. The first kappa shape index (κ1) is 21.4. The molecule has 0 saturated heterocycles. The van der Waals surface area contributed by atoms with Gasteiger partial charge in [-0.3, -0.25) is 4.79 Å². The van der Waals surface area contributed by atoms with Gasteiger partial charge >= 0.3 is 0 Å². The van der Waals surface area contributed by atoms with Gasteiger partial charge in [0.2, 0.25) is 0 Å². The van der Waals surface area contributed by atoms with Crippen molar-refractivity contribution in [2.24, 2.45) is 0 Å². The molecule has 0 aliphatic rings. The molecule has 0 rings (SSSR count). The number of carbonyl (C=O) groups excluding carboxylic acids is 1. The number of hydrogen-bond donors (Lipinski definition) is 0. The predicted molar refractivity (Wildman–Crippen MR) is 104 cm³/mol. The van der Waals surface area contributed by atoms with E-state index in [-0.39, 0.29) is 0 Å². The summed E-state index contributed by atoms with van der Waals surface area (Å²) in [4.78, 5) is 10.0. The lowest BCUT2D eigenvalue weighted by molar-refractivity contribution is -0.104. The van der Waals surface area contributed by atoms with Crippen molar-refractivity contribution in [2.45, 2.75) is 71.1 Å². The molecule has 0 N–H and O–H groups in total. The van der Waals surface area contributed by atoms with Crippen LogP contribution in [-0.2, 0) is 4.79 Å². The largest absolute Gasteiger partial charge is 0.299 e. The van der Waals surface area contributed by atoms with Crippen molar-refractivity contribution >= 4 is 6.29 Å². The third-order valence-electron chi connectivity index (χ3n) is 3.58. The molecule has 23 heavy (non-hydrogen) atoms. The Bertz CT molecular complexity index is 383. The van der Waals surface area contributed by atoms with Crippen molar-refractivity contribution in [1.82, 2.24) is 0 Å². The lowest BCUT2D eigenvalue weighted by Gasteiger charge is -2.00. The molecular weight excluding hydrogens is 280 g/mol. The van der Waals surface area contributed by atoms with Crippen LogP contribution in [-0.4, -0.2) is 6.29 Å². The standard InChI is InChI=1S/C22H34O/c1-2-3-4-5-6-7-8-9-10-11-12-13-14-15-16-17-18-19-20-21-22-23/h12-22H,2-11H2,1H3/b13-12-,15-14+,17-16-,19-18+,21-20+. The van der Waals surface area contributed by atoms with E-state index in [4.69, 9.17) is 0 Å². The second-order valence-corrected chi connectivity index (χ2v) is 5.72. The van der Waals surface area contributed by atoms with Crippen LogP contribution in [0.4, 0.5) is 0 Å². The van der Waals surface area contributed by atoms with Crippen LogP contribution in [0.15, 0.2) is 60.8 Å². The van der Waals surface area contributed by atoms with Gasteiger partial charge in [0.05, 0.1) is 0 Å². The van der Waals surface area contributed by atoms with Crippen molar-refractivity contribution in [3.63, 3.8) is 0 Å². The fourth-order valence-electron chi connectivity index (χ4n) is 2.24. The van der Waals surface area contributed by atoms with E-state index >= 15 is 0 Å². The third kappa shape index (κ3) is 20.4. The number of allylic oxidation sites excluding steroid dienone is 10. The zero-order valence-corrected chi connectivity index (χ0v) is 14.8. The number of unbranched alkanes of at least 4 members (excludes halogenated alkanes) is 9. The van der Waals surface area contributed by atoms with E-state index in [0.717, 1.165) is 6.29 Å². The van der Waals surface area contributed by atoms with E-state index in [1.54, 1.807) is 6.08 Å². The number of carbonyl (C=O) groups is 1. The van der Waals surface area contributed by atoms with E-state index in [2.05, 4.69) is 25.2 Å². The van der Waals surface area contributed by atoms with E-state index in [0.29, 0.717) is 0 Å². The zero-order valence-electron chi connectivity index (χ0n) is 14.8. The van der Waals surface area contributed by atoms with Crippen LogP contribution in [0.5, 0.6) is 0 Å². The summed E-state index contributed by atoms with van der Waals surface area (Å²) in [5.41, 5.74) is 0. The van der Waals surface area contributed by atoms with Crippen molar-refractivity contribution in [3.05, 3.63) is 60.8 Å². The van der Waals surface area contributed by atoms with Crippen LogP contribution in [0.2, 0.25) is 0 Å². The number of rotatable bonds is 15. The van der Waals surface area contributed by atoms with Crippen molar-refractivity contribution < 1.29 is 4.79 Å². The Hall–Kier alpha value is -1.63. The normalized spacial score (nSPS) is 12.7. The third-order valence-corrected chi connectivity index (χ3v) is 3.58. The highest BCUT2D eigenvalue weighted by Gasteiger charge is 1.90. The number of aldehydes is 1. The van der Waals surface area contributed by atoms with Gasteiger partial charge in [-0.05, 0) is 18.9 Å². The molecule has 0 aromatic carbocycles. The van der Waals surface area contributed by atoms with Gasteiger partial charge in [0.25, 0.3) is 0 Å². The molecule has 0 atom stereocenters. The van der Waals surface area contributed by atoms with Crippen molar-refractivity contribution in [2.75, 3.05) is 0 Å². The molecule has 0 amide bonds. The van der Waals surface area contributed by atoms with Crippen molar-refractivity contribution in [1.29, 1.82) is 0 Å². The summed E-state index contributed by atoms with van der Waals surface area (Å²) in [6.07, 6.45) is 33.7. The number of hydrogen-bond acceptors (Lipinski definition) is 1. The maximum absolute atomic E-state index is 10.0. The Morgan fingerprint density at radius 3 is 1.48 bits per heavy atom. The van der Waals surface area contributed by atoms with Gasteiger partial charge in [-0.2, -0.15) is 0 Å². The van der Waals surface area contributed by atoms with Gasteiger partial charge in [-0.15, -0.1) is 0 Å². The van der Waals surface area contributed by atoms with E-state index < -0.39 is 0 Å². The highest BCUT2D eigenvalue weighted by atomic mass is 16.1. The molecule has 1 heteroatoms. The summed E-state index contributed by atoms with van der Waals surface area (Å²) in [7, 11) is 0. The first-order chi connectivity index (χ1) is 11.4. The van der Waals surface area contributed by atoms with E-state index in [1.807, 2.05) is 30.4 Å². The molecule has 0 aromatic rings. The SMILES string of the molecule is CCCCCCCCCCC\C=C/C=C/C=C\C=C\C=C\C=O. The minimum absolute atomic E-state index is 0.770. The smallest absolute Gasteiger partial charge is 0.142 e. The van der Waals surface area contributed by atoms with Crippen LogP contribution >= 0.6 is 0 Å². The predicted octanol–water partition coefficient (Wildman–Crippen LogP) is 6.89. The molecule has 1 nitrogen and oxygen atoms in total. The average molecular weight is 315 g/mol. The van der Waals surface area contributed by atoms with Crippen LogP contribution in [0.25, 0.3) is 0 Å². The molecule has 0 fully saturated rings. The van der Waals surface area contributed by atoms with Crippen LogP contribution in [0.1, 0.15) is 71.1 Å². The highest BCUT2D eigenvalue weighted by molar-refractivity contribution is 5.65. The van der Waals surface area contributed by atoms with E-state index in [1.165, 1.54) is 70.3 Å². The maximum atomic E-state index is 10.0. The summed E-state index contributed by atoms with van der Waals surface area (Å²) >= 11 is 0. The van der Waals surface area contributed by atoms with Gasteiger partial charge in [0.15, 0.2) is 0 Å². The summed E-state index contributed by atoms with van der Waals surface area (Å²) in [6, 6.07) is 0.